The molecule has 0 radical (unpaired) electrons. The number of carbonyl (C=O) groups is 2. The number of nitrogens with one attached hydrogen (secondary N) is 2. The second-order valence-electron chi connectivity index (χ2n) is 7.32. The highest BCUT2D eigenvalue weighted by atomic mass is 16.2. The van der Waals surface area contributed by atoms with Crippen molar-refractivity contribution < 1.29 is 14.5 Å². The molecule has 0 aromatic heterocycles. The highest BCUT2D eigenvalue weighted by Crippen LogP contribution is 2.22. The standard InChI is InChI=1S/C20H31N3O2/c1-5-17-6-8-18(9-7-17)20(15(2)3)21-19(25)14-22-10-12-23(13-11-22)16(4)24/h6-9,15,20H,5,10-14H2,1-4H3,(H,21,25)/p+1/t20-/m1/s1. The molecule has 2 amide bonds. The van der Waals surface area contributed by atoms with Crippen LogP contribution >= 0.6 is 0 Å². The van der Waals surface area contributed by atoms with E-state index in [0.29, 0.717) is 12.5 Å². The fourth-order valence-corrected chi connectivity index (χ4v) is 3.36. The molecule has 2 N–H and O–H groups in total. The van der Waals surface area contributed by atoms with Crippen molar-refractivity contribution in [2.45, 2.75) is 40.2 Å². The van der Waals surface area contributed by atoms with Crippen LogP contribution in [0.1, 0.15) is 44.9 Å². The summed E-state index contributed by atoms with van der Waals surface area (Å²) in [5.41, 5.74) is 2.47. The maximum atomic E-state index is 12.5. The zero-order chi connectivity index (χ0) is 18.4. The number of piperazine rings is 1. The summed E-state index contributed by atoms with van der Waals surface area (Å²) in [6.45, 7) is 11.7. The number of aryl methyl sites for hydroxylation is 1. The largest absolute Gasteiger partial charge is 0.344 e. The summed E-state index contributed by atoms with van der Waals surface area (Å²) in [7, 11) is 0. The van der Waals surface area contributed by atoms with Gasteiger partial charge in [0.05, 0.1) is 32.2 Å². The molecule has 1 heterocycles. The van der Waals surface area contributed by atoms with Gasteiger partial charge < -0.3 is 15.1 Å². The topological polar surface area (TPSA) is 53.9 Å². The van der Waals surface area contributed by atoms with Crippen LogP contribution in [0.4, 0.5) is 0 Å². The molecule has 1 fully saturated rings. The molecule has 1 aliphatic heterocycles. The average Bonchev–Trinajstić information content (AvgIpc) is 2.60. The van der Waals surface area contributed by atoms with Crippen LogP contribution in [0.15, 0.2) is 24.3 Å². The molecule has 138 valence electrons. The number of quaternary nitrogens is 1. The van der Waals surface area contributed by atoms with Crippen molar-refractivity contribution in [1.82, 2.24) is 10.2 Å². The first kappa shape index (κ1) is 19.4. The van der Waals surface area contributed by atoms with Crippen LogP contribution in [0, 0.1) is 5.92 Å². The third-order valence-corrected chi connectivity index (χ3v) is 5.06. The minimum atomic E-state index is 0.0383. The summed E-state index contributed by atoms with van der Waals surface area (Å²) in [6.07, 6.45) is 1.02. The fourth-order valence-electron chi connectivity index (χ4n) is 3.36. The molecule has 25 heavy (non-hydrogen) atoms. The second kappa shape index (κ2) is 8.99. The van der Waals surface area contributed by atoms with Gasteiger partial charge in [0, 0.05) is 6.92 Å². The molecular weight excluding hydrogens is 314 g/mol. The molecule has 5 heteroatoms. The summed E-state index contributed by atoms with van der Waals surface area (Å²) in [5, 5.41) is 3.21. The Morgan fingerprint density at radius 2 is 1.76 bits per heavy atom. The van der Waals surface area contributed by atoms with Crippen LogP contribution in [0.2, 0.25) is 0 Å². The van der Waals surface area contributed by atoms with Gasteiger partial charge in [0.25, 0.3) is 5.91 Å². The van der Waals surface area contributed by atoms with Crippen LogP contribution in [0.25, 0.3) is 0 Å². The molecule has 1 aliphatic rings. The second-order valence-corrected chi connectivity index (χ2v) is 7.32. The van der Waals surface area contributed by atoms with Gasteiger partial charge in [0.1, 0.15) is 0 Å². The van der Waals surface area contributed by atoms with Gasteiger partial charge in [-0.05, 0) is 23.5 Å². The molecule has 1 saturated heterocycles. The minimum Gasteiger partial charge on any atom is -0.344 e. The van der Waals surface area contributed by atoms with Gasteiger partial charge in [-0.25, -0.2) is 0 Å². The number of hydrogen-bond donors (Lipinski definition) is 2. The van der Waals surface area contributed by atoms with E-state index in [1.54, 1.807) is 6.92 Å². The first-order chi connectivity index (χ1) is 11.9. The molecule has 0 spiro atoms. The van der Waals surface area contributed by atoms with E-state index in [9.17, 15) is 9.59 Å². The van der Waals surface area contributed by atoms with Crippen LogP contribution in [-0.2, 0) is 16.0 Å². The lowest BCUT2D eigenvalue weighted by atomic mass is 9.95. The van der Waals surface area contributed by atoms with Crippen molar-refractivity contribution in [2.24, 2.45) is 5.92 Å². The van der Waals surface area contributed by atoms with Crippen molar-refractivity contribution in [2.75, 3.05) is 32.7 Å². The molecule has 1 atom stereocenters. The first-order valence-electron chi connectivity index (χ1n) is 9.38. The summed E-state index contributed by atoms with van der Waals surface area (Å²) < 4.78 is 0. The van der Waals surface area contributed by atoms with Crippen molar-refractivity contribution in [3.05, 3.63) is 35.4 Å². The Balaban J connectivity index is 1.91. The van der Waals surface area contributed by atoms with Gasteiger partial charge in [-0.2, -0.15) is 0 Å². The van der Waals surface area contributed by atoms with E-state index >= 15 is 0 Å². The van der Waals surface area contributed by atoms with E-state index < -0.39 is 0 Å². The number of benzene rings is 1. The minimum absolute atomic E-state index is 0.0383. The Kier molecular flexibility index (Phi) is 7.00. The summed E-state index contributed by atoms with van der Waals surface area (Å²) >= 11 is 0. The SMILES string of the molecule is CCc1ccc([C@H](NC(=O)C[NH+]2CCN(C(C)=O)CC2)C(C)C)cc1. The lowest BCUT2D eigenvalue weighted by Crippen LogP contribution is -3.15. The Bertz CT molecular complexity index is 575. The summed E-state index contributed by atoms with van der Waals surface area (Å²) in [5.74, 6) is 0.546. The van der Waals surface area contributed by atoms with Gasteiger partial charge >= 0.3 is 0 Å². The quantitative estimate of drug-likeness (QED) is 0.801. The molecule has 0 saturated carbocycles. The third-order valence-electron chi connectivity index (χ3n) is 5.06. The van der Waals surface area contributed by atoms with E-state index in [0.717, 1.165) is 38.2 Å². The van der Waals surface area contributed by atoms with Crippen LogP contribution in [0.5, 0.6) is 0 Å². The van der Waals surface area contributed by atoms with E-state index in [4.69, 9.17) is 0 Å². The zero-order valence-electron chi connectivity index (χ0n) is 16.0. The maximum Gasteiger partial charge on any atom is 0.275 e. The normalized spacial score (nSPS) is 16.8. The Morgan fingerprint density at radius 3 is 2.24 bits per heavy atom. The number of hydrogen-bond acceptors (Lipinski definition) is 2. The van der Waals surface area contributed by atoms with Gasteiger partial charge in [-0.3, -0.25) is 9.59 Å². The van der Waals surface area contributed by atoms with Crippen molar-refractivity contribution in [1.29, 1.82) is 0 Å². The van der Waals surface area contributed by atoms with Gasteiger partial charge in [-0.1, -0.05) is 45.0 Å². The van der Waals surface area contributed by atoms with E-state index in [-0.39, 0.29) is 17.9 Å². The first-order valence-corrected chi connectivity index (χ1v) is 9.38. The van der Waals surface area contributed by atoms with Crippen molar-refractivity contribution in [3.8, 4) is 0 Å². The van der Waals surface area contributed by atoms with Crippen LogP contribution in [0.3, 0.4) is 0 Å². The molecule has 5 nitrogen and oxygen atoms in total. The molecule has 1 aromatic rings. The summed E-state index contributed by atoms with van der Waals surface area (Å²) in [4.78, 5) is 27.0. The molecule has 2 rings (SSSR count). The van der Waals surface area contributed by atoms with Crippen molar-refractivity contribution in [3.63, 3.8) is 0 Å². The maximum absolute atomic E-state index is 12.5. The van der Waals surface area contributed by atoms with E-state index in [2.05, 4.69) is 50.4 Å². The fraction of sp³-hybridized carbons (Fsp3) is 0.600. The Hall–Kier alpha value is -1.88. The Labute approximate surface area is 151 Å². The highest BCUT2D eigenvalue weighted by Gasteiger charge is 2.25. The van der Waals surface area contributed by atoms with Crippen molar-refractivity contribution >= 4 is 11.8 Å². The predicted octanol–water partition coefficient (Wildman–Crippen LogP) is 0.809. The number of carbonyl (C=O) groups excluding carboxylic acids is 2. The molecule has 1 aromatic carbocycles. The average molecular weight is 346 g/mol. The number of amides is 2. The molecule has 0 aliphatic carbocycles. The van der Waals surface area contributed by atoms with E-state index in [1.165, 1.54) is 10.5 Å². The molecule has 0 unspecified atom stereocenters. The highest BCUT2D eigenvalue weighted by molar-refractivity contribution is 5.77. The summed E-state index contributed by atoms with van der Waals surface area (Å²) in [6, 6.07) is 8.58. The van der Waals surface area contributed by atoms with Crippen LogP contribution < -0.4 is 10.2 Å². The van der Waals surface area contributed by atoms with Crippen LogP contribution in [-0.4, -0.2) is 49.4 Å². The van der Waals surface area contributed by atoms with E-state index in [1.807, 2.05) is 4.90 Å². The predicted molar refractivity (Wildman–Crippen MR) is 99.4 cm³/mol. The third kappa shape index (κ3) is 5.56. The number of rotatable bonds is 6. The molecule has 0 bridgehead atoms. The number of nitrogens with zero attached hydrogens (tertiary/aromatic N) is 1. The zero-order valence-corrected chi connectivity index (χ0v) is 16.0. The Morgan fingerprint density at radius 1 is 1.16 bits per heavy atom. The molecular formula is C20H32N3O2+. The van der Waals surface area contributed by atoms with Gasteiger partial charge in [-0.15, -0.1) is 0 Å². The lowest BCUT2D eigenvalue weighted by molar-refractivity contribution is -0.896. The van der Waals surface area contributed by atoms with Gasteiger partial charge in [0.2, 0.25) is 5.91 Å². The smallest absolute Gasteiger partial charge is 0.275 e. The monoisotopic (exact) mass is 346 g/mol. The van der Waals surface area contributed by atoms with Gasteiger partial charge in [0.15, 0.2) is 6.54 Å². The lowest BCUT2D eigenvalue weighted by Gasteiger charge is -2.31.